The van der Waals surface area contributed by atoms with Gasteiger partial charge >= 0.3 is 12.1 Å². The fourth-order valence-electron chi connectivity index (χ4n) is 2.27. The Kier molecular flexibility index (Phi) is 6.23. The Morgan fingerprint density at radius 3 is 2.35 bits per heavy atom. The van der Waals surface area contributed by atoms with Crippen molar-refractivity contribution in [3.05, 3.63) is 35.4 Å². The Morgan fingerprint density at radius 2 is 1.81 bits per heavy atom. The summed E-state index contributed by atoms with van der Waals surface area (Å²) in [6.45, 7) is 0.930. The SMILES string of the molecule is C[C@H](NC(=O)COC(=O)CNC(=O)c1ccc(C(F)(F)F)cc1)C1CC1. The molecular formula is C17H19F3N2O4. The Hall–Kier alpha value is -2.58. The first-order chi connectivity index (χ1) is 12.2. The van der Waals surface area contributed by atoms with Crippen LogP contribution in [-0.2, 0) is 20.5 Å². The van der Waals surface area contributed by atoms with Gasteiger partial charge in [-0.05, 0) is 49.9 Å². The Balaban J connectivity index is 1.70. The van der Waals surface area contributed by atoms with Crippen LogP contribution in [0, 0.1) is 5.92 Å². The minimum absolute atomic E-state index is 0.0261. The first-order valence-electron chi connectivity index (χ1n) is 8.07. The maximum Gasteiger partial charge on any atom is 0.416 e. The van der Waals surface area contributed by atoms with Crippen molar-refractivity contribution in [2.75, 3.05) is 13.2 Å². The molecule has 26 heavy (non-hydrogen) atoms. The van der Waals surface area contributed by atoms with Gasteiger partial charge in [0, 0.05) is 11.6 Å². The summed E-state index contributed by atoms with van der Waals surface area (Å²) >= 11 is 0. The number of alkyl halides is 3. The van der Waals surface area contributed by atoms with Crippen molar-refractivity contribution in [2.24, 2.45) is 5.92 Å². The zero-order chi connectivity index (χ0) is 19.3. The molecule has 0 saturated heterocycles. The second-order valence-corrected chi connectivity index (χ2v) is 6.11. The van der Waals surface area contributed by atoms with Crippen LogP contribution in [0.25, 0.3) is 0 Å². The molecule has 142 valence electrons. The van der Waals surface area contributed by atoms with Crippen molar-refractivity contribution in [3.63, 3.8) is 0 Å². The lowest BCUT2D eigenvalue weighted by Crippen LogP contribution is -2.38. The summed E-state index contributed by atoms with van der Waals surface area (Å²) in [5, 5.41) is 4.93. The van der Waals surface area contributed by atoms with E-state index < -0.39 is 42.7 Å². The summed E-state index contributed by atoms with van der Waals surface area (Å²) < 4.78 is 42.1. The van der Waals surface area contributed by atoms with Gasteiger partial charge in [-0.2, -0.15) is 13.2 Å². The van der Waals surface area contributed by atoms with Gasteiger partial charge in [0.15, 0.2) is 6.61 Å². The molecule has 0 aliphatic heterocycles. The summed E-state index contributed by atoms with van der Waals surface area (Å²) in [6.07, 6.45) is -2.36. The lowest BCUT2D eigenvalue weighted by Gasteiger charge is -2.13. The smallest absolute Gasteiger partial charge is 0.416 e. The third-order valence-electron chi connectivity index (χ3n) is 3.95. The Bertz CT molecular complexity index is 670. The predicted octanol–water partition coefficient (Wildman–Crippen LogP) is 1.89. The molecule has 1 aliphatic rings. The molecule has 1 atom stereocenters. The molecule has 0 heterocycles. The van der Waals surface area contributed by atoms with Crippen LogP contribution in [0.3, 0.4) is 0 Å². The zero-order valence-corrected chi connectivity index (χ0v) is 14.1. The number of hydrogen-bond acceptors (Lipinski definition) is 4. The van der Waals surface area contributed by atoms with Crippen LogP contribution in [0.5, 0.6) is 0 Å². The zero-order valence-electron chi connectivity index (χ0n) is 14.1. The monoisotopic (exact) mass is 372 g/mol. The van der Waals surface area contributed by atoms with Crippen LogP contribution in [0.2, 0.25) is 0 Å². The number of amides is 2. The molecule has 9 heteroatoms. The van der Waals surface area contributed by atoms with Crippen molar-refractivity contribution in [1.29, 1.82) is 0 Å². The number of rotatable bonds is 7. The number of benzene rings is 1. The predicted molar refractivity (Wildman–Crippen MR) is 85.1 cm³/mol. The maximum absolute atomic E-state index is 12.5. The van der Waals surface area contributed by atoms with Crippen molar-refractivity contribution >= 4 is 17.8 Å². The van der Waals surface area contributed by atoms with Crippen molar-refractivity contribution in [3.8, 4) is 0 Å². The lowest BCUT2D eigenvalue weighted by molar-refractivity contribution is -0.147. The molecular weight excluding hydrogens is 353 g/mol. The Labute approximate surface area is 148 Å². The van der Waals surface area contributed by atoms with Crippen LogP contribution in [0.4, 0.5) is 13.2 Å². The van der Waals surface area contributed by atoms with E-state index in [-0.39, 0.29) is 11.6 Å². The van der Waals surface area contributed by atoms with Crippen LogP contribution < -0.4 is 10.6 Å². The minimum atomic E-state index is -4.49. The molecule has 1 aromatic rings. The van der Waals surface area contributed by atoms with Gasteiger partial charge in [-0.25, -0.2) is 0 Å². The van der Waals surface area contributed by atoms with Gasteiger partial charge in [0.05, 0.1) is 5.56 Å². The molecule has 1 aromatic carbocycles. The number of esters is 1. The number of ether oxygens (including phenoxy) is 1. The molecule has 0 unspecified atom stereocenters. The quantitative estimate of drug-likeness (QED) is 0.716. The average molecular weight is 372 g/mol. The molecule has 0 bridgehead atoms. The summed E-state index contributed by atoms with van der Waals surface area (Å²) in [7, 11) is 0. The summed E-state index contributed by atoms with van der Waals surface area (Å²) in [5.41, 5.74) is -0.901. The summed E-state index contributed by atoms with van der Waals surface area (Å²) in [6, 6.07) is 3.60. The maximum atomic E-state index is 12.5. The number of hydrogen-bond donors (Lipinski definition) is 2. The van der Waals surface area contributed by atoms with E-state index in [1.807, 2.05) is 6.92 Å². The molecule has 6 nitrogen and oxygen atoms in total. The third-order valence-corrected chi connectivity index (χ3v) is 3.95. The standard InChI is InChI=1S/C17H19F3N2O4/c1-10(11-2-3-11)22-14(23)9-26-15(24)8-21-16(25)12-4-6-13(7-5-12)17(18,19)20/h4-7,10-11H,2-3,8-9H2,1H3,(H,21,25)(H,22,23)/t10-/m0/s1. The molecule has 1 fully saturated rings. The van der Waals surface area contributed by atoms with Gasteiger partial charge in [0.25, 0.3) is 11.8 Å². The van der Waals surface area contributed by atoms with E-state index in [0.29, 0.717) is 5.92 Å². The molecule has 0 spiro atoms. The van der Waals surface area contributed by atoms with Crippen molar-refractivity contribution in [1.82, 2.24) is 10.6 Å². The highest BCUT2D eigenvalue weighted by molar-refractivity contribution is 5.96. The fourth-order valence-corrected chi connectivity index (χ4v) is 2.27. The van der Waals surface area contributed by atoms with Crippen LogP contribution in [0.1, 0.15) is 35.7 Å². The van der Waals surface area contributed by atoms with Crippen molar-refractivity contribution < 1.29 is 32.3 Å². The van der Waals surface area contributed by atoms with Gasteiger partial charge in [-0.1, -0.05) is 0 Å². The second-order valence-electron chi connectivity index (χ2n) is 6.11. The van der Waals surface area contributed by atoms with E-state index >= 15 is 0 Å². The third kappa shape index (κ3) is 6.05. The van der Waals surface area contributed by atoms with E-state index in [1.165, 1.54) is 0 Å². The van der Waals surface area contributed by atoms with Gasteiger partial charge in [0.2, 0.25) is 0 Å². The van der Waals surface area contributed by atoms with E-state index in [9.17, 15) is 27.6 Å². The average Bonchev–Trinajstić information content (AvgIpc) is 3.42. The molecule has 2 N–H and O–H groups in total. The molecule has 0 radical (unpaired) electrons. The second kappa shape index (κ2) is 8.20. The van der Waals surface area contributed by atoms with E-state index in [0.717, 1.165) is 37.1 Å². The van der Waals surface area contributed by atoms with Crippen LogP contribution >= 0.6 is 0 Å². The largest absolute Gasteiger partial charge is 0.454 e. The number of halogens is 3. The molecule has 0 aromatic heterocycles. The Morgan fingerprint density at radius 1 is 1.19 bits per heavy atom. The topological polar surface area (TPSA) is 84.5 Å². The number of nitrogens with one attached hydrogen (secondary N) is 2. The van der Waals surface area contributed by atoms with Gasteiger partial charge in [-0.3, -0.25) is 14.4 Å². The van der Waals surface area contributed by atoms with E-state index in [1.54, 1.807) is 0 Å². The molecule has 2 amide bonds. The number of carbonyl (C=O) groups excluding carboxylic acids is 3. The van der Waals surface area contributed by atoms with E-state index in [2.05, 4.69) is 10.6 Å². The normalized spacial score (nSPS) is 15.1. The van der Waals surface area contributed by atoms with Crippen LogP contribution in [0.15, 0.2) is 24.3 Å². The first kappa shape index (κ1) is 19.7. The summed E-state index contributed by atoms with van der Waals surface area (Å²) in [4.78, 5) is 34.9. The highest BCUT2D eigenvalue weighted by Crippen LogP contribution is 2.32. The van der Waals surface area contributed by atoms with Crippen molar-refractivity contribution in [2.45, 2.75) is 32.0 Å². The van der Waals surface area contributed by atoms with E-state index in [4.69, 9.17) is 4.74 Å². The molecule has 2 rings (SSSR count). The van der Waals surface area contributed by atoms with Crippen LogP contribution in [-0.4, -0.2) is 37.0 Å². The fraction of sp³-hybridized carbons (Fsp3) is 0.471. The van der Waals surface area contributed by atoms with Gasteiger partial charge < -0.3 is 15.4 Å². The highest BCUT2D eigenvalue weighted by atomic mass is 19.4. The molecule has 1 aliphatic carbocycles. The first-order valence-corrected chi connectivity index (χ1v) is 8.07. The number of carbonyl (C=O) groups is 3. The molecule has 1 saturated carbocycles. The van der Waals surface area contributed by atoms with Gasteiger partial charge in [0.1, 0.15) is 6.54 Å². The summed E-state index contributed by atoms with van der Waals surface area (Å²) in [5.74, 6) is -1.49. The van der Waals surface area contributed by atoms with Gasteiger partial charge in [-0.15, -0.1) is 0 Å². The minimum Gasteiger partial charge on any atom is -0.454 e. The highest BCUT2D eigenvalue weighted by Gasteiger charge is 2.30. The lowest BCUT2D eigenvalue weighted by atomic mass is 10.1.